The number of thiazole rings is 1. The molecule has 11 heteroatoms. The first-order valence-corrected chi connectivity index (χ1v) is 12.5. The number of hydrogen-bond donors (Lipinski definition) is 0. The molecule has 36 heavy (non-hydrogen) atoms. The quantitative estimate of drug-likeness (QED) is 0.435. The van der Waals surface area contributed by atoms with Crippen LogP contribution in [-0.4, -0.2) is 50.2 Å². The number of aromatic nitrogens is 3. The van der Waals surface area contributed by atoms with Gasteiger partial charge in [-0.3, -0.25) is 14.2 Å². The molecule has 3 aromatic heterocycles. The van der Waals surface area contributed by atoms with E-state index >= 15 is 4.39 Å². The van der Waals surface area contributed by atoms with Crippen LogP contribution < -0.4 is 4.74 Å². The molecule has 6 nitrogen and oxygen atoms in total. The lowest BCUT2D eigenvalue weighted by atomic mass is 9.76. The highest BCUT2D eigenvalue weighted by Gasteiger charge is 2.62. The molecular formula is C25H24F4N4O2S. The zero-order valence-corrected chi connectivity index (χ0v) is 20.4. The van der Waals surface area contributed by atoms with Gasteiger partial charge in [0.15, 0.2) is 11.6 Å². The molecule has 1 aliphatic heterocycles. The molecule has 190 valence electrons. The molecule has 3 unspecified atom stereocenters. The molecule has 0 fully saturated rings. The van der Waals surface area contributed by atoms with E-state index in [-0.39, 0.29) is 6.54 Å². The van der Waals surface area contributed by atoms with Crippen molar-refractivity contribution in [1.29, 1.82) is 0 Å². The van der Waals surface area contributed by atoms with Crippen molar-refractivity contribution in [3.05, 3.63) is 70.8 Å². The van der Waals surface area contributed by atoms with Crippen LogP contribution in [0.1, 0.15) is 35.7 Å². The van der Waals surface area contributed by atoms with Crippen molar-refractivity contribution < 1.29 is 27.1 Å². The minimum absolute atomic E-state index is 0.0967. The van der Waals surface area contributed by atoms with Gasteiger partial charge >= 0.3 is 6.18 Å². The number of pyridine rings is 1. The second-order valence-electron chi connectivity index (χ2n) is 8.86. The molecule has 4 heterocycles. The van der Waals surface area contributed by atoms with Gasteiger partial charge in [-0.15, -0.1) is 11.3 Å². The number of rotatable bonds is 5. The molecule has 0 aromatic carbocycles. The van der Waals surface area contributed by atoms with Crippen LogP contribution in [0.2, 0.25) is 0 Å². The molecule has 5 rings (SSSR count). The fourth-order valence-corrected chi connectivity index (χ4v) is 5.70. The van der Waals surface area contributed by atoms with Gasteiger partial charge in [-0.05, 0) is 31.6 Å². The van der Waals surface area contributed by atoms with E-state index in [0.717, 1.165) is 11.8 Å². The fourth-order valence-electron chi connectivity index (χ4n) is 4.96. The molecule has 2 aliphatic rings. The normalized spacial score (nSPS) is 23.8. The van der Waals surface area contributed by atoms with Crippen molar-refractivity contribution in [3.8, 4) is 5.75 Å². The van der Waals surface area contributed by atoms with Crippen LogP contribution in [0.5, 0.6) is 5.75 Å². The van der Waals surface area contributed by atoms with Gasteiger partial charge < -0.3 is 9.64 Å². The van der Waals surface area contributed by atoms with Crippen LogP contribution in [-0.2, 0) is 17.6 Å². The average molecular weight is 521 g/mol. The van der Waals surface area contributed by atoms with Crippen LogP contribution in [0, 0.1) is 12.8 Å². The van der Waals surface area contributed by atoms with Crippen LogP contribution >= 0.6 is 11.3 Å². The van der Waals surface area contributed by atoms with Gasteiger partial charge in [-0.1, -0.05) is 25.2 Å². The minimum Gasteiger partial charge on any atom is -0.482 e. The third-order valence-corrected chi connectivity index (χ3v) is 7.44. The zero-order chi connectivity index (χ0) is 25.7. The number of aryl methyl sites for hydroxylation is 2. The Balaban J connectivity index is 1.53. The Labute approximate surface area is 208 Å². The molecule has 1 aliphatic carbocycles. The van der Waals surface area contributed by atoms with Gasteiger partial charge in [-0.25, -0.2) is 9.37 Å². The number of halogens is 4. The summed E-state index contributed by atoms with van der Waals surface area (Å²) in [4.78, 5) is 24.3. The summed E-state index contributed by atoms with van der Waals surface area (Å²) in [7, 11) is 0. The van der Waals surface area contributed by atoms with Gasteiger partial charge in [-0.2, -0.15) is 13.2 Å². The van der Waals surface area contributed by atoms with Crippen molar-refractivity contribution in [3.63, 3.8) is 0 Å². The Morgan fingerprint density at radius 3 is 2.83 bits per heavy atom. The predicted molar refractivity (Wildman–Crippen MR) is 127 cm³/mol. The SMILES string of the molecule is CCc1nc(C)ccc1OCC(=O)N1CCc2nc3sccn3c2C1C1C=CC=CC1(F)C(F)(F)F. The topological polar surface area (TPSA) is 59.7 Å². The van der Waals surface area contributed by atoms with E-state index in [9.17, 15) is 18.0 Å². The molecule has 0 N–H and O–H groups in total. The van der Waals surface area contributed by atoms with Gasteiger partial charge in [0.2, 0.25) is 5.67 Å². The van der Waals surface area contributed by atoms with Crippen molar-refractivity contribution >= 4 is 22.2 Å². The largest absolute Gasteiger partial charge is 0.482 e. The average Bonchev–Trinajstić information content (AvgIpc) is 3.43. The Morgan fingerprint density at radius 1 is 1.28 bits per heavy atom. The third-order valence-electron chi connectivity index (χ3n) is 6.69. The molecule has 1 amide bonds. The Bertz CT molecular complexity index is 1360. The number of allylic oxidation sites excluding steroid dienone is 3. The Kier molecular flexibility index (Phi) is 6.14. The molecule has 0 saturated carbocycles. The molecule has 0 radical (unpaired) electrons. The number of hydrogen-bond acceptors (Lipinski definition) is 5. The number of carbonyl (C=O) groups is 1. The Hall–Kier alpha value is -3.21. The molecular weight excluding hydrogens is 496 g/mol. The maximum atomic E-state index is 15.8. The summed E-state index contributed by atoms with van der Waals surface area (Å²) in [5.41, 5.74) is -1.21. The van der Waals surface area contributed by atoms with E-state index in [2.05, 4.69) is 9.97 Å². The van der Waals surface area contributed by atoms with E-state index in [1.165, 1.54) is 28.4 Å². The number of ether oxygens (including phenoxy) is 1. The van der Waals surface area contributed by atoms with E-state index in [1.807, 2.05) is 13.8 Å². The summed E-state index contributed by atoms with van der Waals surface area (Å²) >= 11 is 1.33. The smallest absolute Gasteiger partial charge is 0.426 e. The first-order chi connectivity index (χ1) is 17.1. The van der Waals surface area contributed by atoms with E-state index in [4.69, 9.17) is 4.74 Å². The monoisotopic (exact) mass is 520 g/mol. The second-order valence-corrected chi connectivity index (χ2v) is 9.73. The number of imidazole rings is 1. The van der Waals surface area contributed by atoms with Crippen LogP contribution in [0.25, 0.3) is 4.96 Å². The third kappa shape index (κ3) is 3.99. The summed E-state index contributed by atoms with van der Waals surface area (Å²) in [5, 5.41) is 1.75. The molecule has 0 bridgehead atoms. The van der Waals surface area contributed by atoms with Gasteiger partial charge in [0, 0.05) is 30.2 Å². The lowest BCUT2D eigenvalue weighted by molar-refractivity contribution is -0.231. The predicted octanol–water partition coefficient (Wildman–Crippen LogP) is 5.18. The number of fused-ring (bicyclic) bond motifs is 3. The summed E-state index contributed by atoms with van der Waals surface area (Å²) in [5.74, 6) is -1.80. The summed E-state index contributed by atoms with van der Waals surface area (Å²) in [6, 6.07) is 2.25. The van der Waals surface area contributed by atoms with Gasteiger partial charge in [0.25, 0.3) is 5.91 Å². The summed E-state index contributed by atoms with van der Waals surface area (Å²) in [6.07, 6.45) is 1.60. The highest BCUT2D eigenvalue weighted by Crippen LogP contribution is 2.51. The van der Waals surface area contributed by atoms with Gasteiger partial charge in [0.05, 0.1) is 29.0 Å². The fraction of sp³-hybridized carbons (Fsp3) is 0.400. The van der Waals surface area contributed by atoms with Crippen molar-refractivity contribution in [1.82, 2.24) is 19.3 Å². The highest BCUT2D eigenvalue weighted by atomic mass is 32.1. The lowest BCUT2D eigenvalue weighted by Gasteiger charge is -2.44. The number of nitrogens with zero attached hydrogens (tertiary/aromatic N) is 4. The molecule has 0 saturated heterocycles. The number of alkyl halides is 4. The van der Waals surface area contributed by atoms with Gasteiger partial charge in [0.1, 0.15) is 5.75 Å². The van der Waals surface area contributed by atoms with Crippen LogP contribution in [0.15, 0.2) is 48.0 Å². The molecule has 3 aromatic rings. The number of carbonyl (C=O) groups excluding carboxylic acids is 1. The standard InChI is InChI=1S/C25H24F4N4O2S/c1-3-17-19(8-7-15(2)30-17)35-14-20(34)32-11-9-18-22(33-12-13-36-23(33)31-18)21(32)16-6-4-5-10-24(16,26)25(27,28)29/h4-8,10,12-13,16,21H,3,9,11,14H2,1-2H3. The lowest BCUT2D eigenvalue weighted by Crippen LogP contribution is -2.54. The number of amides is 1. The van der Waals surface area contributed by atoms with Crippen molar-refractivity contribution in [2.45, 2.75) is 44.6 Å². The Morgan fingerprint density at radius 2 is 2.08 bits per heavy atom. The maximum Gasteiger partial charge on any atom is 0.426 e. The molecule has 0 spiro atoms. The van der Waals surface area contributed by atoms with E-state index in [1.54, 1.807) is 28.1 Å². The van der Waals surface area contributed by atoms with E-state index in [0.29, 0.717) is 46.7 Å². The first kappa shape index (κ1) is 24.5. The van der Waals surface area contributed by atoms with Crippen LogP contribution in [0.4, 0.5) is 17.6 Å². The van der Waals surface area contributed by atoms with Crippen LogP contribution in [0.3, 0.4) is 0 Å². The first-order valence-electron chi connectivity index (χ1n) is 11.6. The van der Waals surface area contributed by atoms with Crippen molar-refractivity contribution in [2.24, 2.45) is 5.92 Å². The molecule has 3 atom stereocenters. The second kappa shape index (κ2) is 9.02. The maximum absolute atomic E-state index is 15.8. The van der Waals surface area contributed by atoms with E-state index < -0.39 is 36.3 Å². The van der Waals surface area contributed by atoms with Crippen molar-refractivity contribution in [2.75, 3.05) is 13.2 Å². The summed E-state index contributed by atoms with van der Waals surface area (Å²) in [6.45, 7) is 3.44. The summed E-state index contributed by atoms with van der Waals surface area (Å²) < 4.78 is 65.5. The highest BCUT2D eigenvalue weighted by molar-refractivity contribution is 7.15. The minimum atomic E-state index is -5.18. The zero-order valence-electron chi connectivity index (χ0n) is 19.6.